The van der Waals surface area contributed by atoms with Crippen LogP contribution in [0.15, 0.2) is 113 Å². The number of anilines is 1. The Labute approximate surface area is 232 Å². The highest BCUT2D eigenvalue weighted by Gasteiger charge is 2.27. The Morgan fingerprint density at radius 2 is 1.50 bits per heavy atom. The van der Waals surface area contributed by atoms with E-state index in [1.165, 1.54) is 0 Å². The number of halogens is 1. The molecule has 6 nitrogen and oxygen atoms in total. The standard InChI is InChI=1S/C29H27ClN2O4S2/c1-22-7-17-28(18-8-22)38(34,35)32(21-29(33)31-19-20-37-27-15-9-23(30)10-16-27)24-11-13-26(14-12-24)36-25-5-3-2-4-6-25/h2-18H,19-21H2,1H3,(H,31,33). The first-order valence-electron chi connectivity index (χ1n) is 11.9. The minimum Gasteiger partial charge on any atom is -0.457 e. The zero-order valence-corrected chi connectivity index (χ0v) is 23.1. The molecule has 9 heteroatoms. The van der Waals surface area contributed by atoms with Gasteiger partial charge in [-0.1, -0.05) is 47.5 Å². The van der Waals surface area contributed by atoms with Crippen molar-refractivity contribution in [2.24, 2.45) is 0 Å². The lowest BCUT2D eigenvalue weighted by molar-refractivity contribution is -0.119. The Morgan fingerprint density at radius 1 is 0.868 bits per heavy atom. The van der Waals surface area contributed by atoms with Gasteiger partial charge in [0.2, 0.25) is 5.91 Å². The SMILES string of the molecule is Cc1ccc(S(=O)(=O)N(CC(=O)NCCSc2ccc(Cl)cc2)c2ccc(Oc3ccccc3)cc2)cc1. The molecule has 0 fully saturated rings. The Morgan fingerprint density at radius 3 is 2.16 bits per heavy atom. The summed E-state index contributed by atoms with van der Waals surface area (Å²) in [6.45, 7) is 1.91. The summed E-state index contributed by atoms with van der Waals surface area (Å²) < 4.78 is 34.1. The number of hydrogen-bond acceptors (Lipinski definition) is 5. The Balaban J connectivity index is 1.47. The van der Waals surface area contributed by atoms with E-state index < -0.39 is 15.9 Å². The van der Waals surface area contributed by atoms with E-state index in [1.807, 2.05) is 61.5 Å². The predicted molar refractivity (Wildman–Crippen MR) is 154 cm³/mol. The average Bonchev–Trinajstić information content (AvgIpc) is 2.92. The minimum atomic E-state index is -4.00. The molecule has 38 heavy (non-hydrogen) atoms. The molecule has 196 valence electrons. The zero-order valence-electron chi connectivity index (χ0n) is 20.7. The van der Waals surface area contributed by atoms with Crippen LogP contribution in [0, 0.1) is 6.92 Å². The second-order valence-corrected chi connectivity index (χ2v) is 11.9. The van der Waals surface area contributed by atoms with E-state index >= 15 is 0 Å². The first-order chi connectivity index (χ1) is 18.3. The van der Waals surface area contributed by atoms with Crippen molar-refractivity contribution in [1.29, 1.82) is 0 Å². The fourth-order valence-electron chi connectivity index (χ4n) is 3.53. The number of aryl methyl sites for hydroxylation is 1. The van der Waals surface area contributed by atoms with E-state index in [1.54, 1.807) is 60.3 Å². The molecule has 1 amide bonds. The second-order valence-electron chi connectivity index (χ2n) is 8.39. The van der Waals surface area contributed by atoms with E-state index in [2.05, 4.69) is 5.32 Å². The number of rotatable bonds is 11. The fraction of sp³-hybridized carbons (Fsp3) is 0.138. The summed E-state index contributed by atoms with van der Waals surface area (Å²) in [4.78, 5) is 14.0. The van der Waals surface area contributed by atoms with Gasteiger partial charge in [0, 0.05) is 22.2 Å². The van der Waals surface area contributed by atoms with Crippen LogP contribution in [0.1, 0.15) is 5.56 Å². The maximum absolute atomic E-state index is 13.6. The normalized spacial score (nSPS) is 11.1. The maximum Gasteiger partial charge on any atom is 0.264 e. The average molecular weight is 567 g/mol. The van der Waals surface area contributed by atoms with Gasteiger partial charge in [-0.15, -0.1) is 11.8 Å². The molecule has 0 unspecified atom stereocenters. The number of nitrogens with one attached hydrogen (secondary N) is 1. The van der Waals surface area contributed by atoms with Gasteiger partial charge in [-0.05, 0) is 79.7 Å². The number of amides is 1. The van der Waals surface area contributed by atoms with E-state index in [0.29, 0.717) is 34.5 Å². The molecule has 0 aliphatic heterocycles. The van der Waals surface area contributed by atoms with Crippen LogP contribution in [0.2, 0.25) is 5.02 Å². The summed E-state index contributed by atoms with van der Waals surface area (Å²) in [5.41, 5.74) is 1.30. The van der Waals surface area contributed by atoms with Crippen molar-refractivity contribution in [3.8, 4) is 11.5 Å². The number of hydrogen-bond donors (Lipinski definition) is 1. The number of benzene rings is 4. The van der Waals surface area contributed by atoms with E-state index in [0.717, 1.165) is 14.8 Å². The van der Waals surface area contributed by atoms with Gasteiger partial charge in [-0.2, -0.15) is 0 Å². The lowest BCUT2D eigenvalue weighted by Gasteiger charge is -2.24. The molecule has 4 aromatic rings. The molecule has 0 atom stereocenters. The summed E-state index contributed by atoms with van der Waals surface area (Å²) in [7, 11) is -4.00. The van der Waals surface area contributed by atoms with Gasteiger partial charge in [0.05, 0.1) is 10.6 Å². The molecule has 1 N–H and O–H groups in total. The number of thioether (sulfide) groups is 1. The summed E-state index contributed by atoms with van der Waals surface area (Å²) in [6, 6.07) is 29.9. The number of carbonyl (C=O) groups is 1. The molecule has 0 aliphatic carbocycles. The van der Waals surface area contributed by atoms with E-state index in [9.17, 15) is 13.2 Å². The number of carbonyl (C=O) groups excluding carboxylic acids is 1. The number of para-hydroxylation sites is 1. The first kappa shape index (κ1) is 27.6. The maximum atomic E-state index is 13.6. The topological polar surface area (TPSA) is 75.7 Å². The van der Waals surface area contributed by atoms with Gasteiger partial charge in [-0.3, -0.25) is 9.10 Å². The summed E-state index contributed by atoms with van der Waals surface area (Å²) >= 11 is 7.49. The van der Waals surface area contributed by atoms with Crippen LogP contribution in [0.4, 0.5) is 5.69 Å². The third-order valence-corrected chi connectivity index (χ3v) is 8.56. The van der Waals surface area contributed by atoms with Gasteiger partial charge >= 0.3 is 0 Å². The van der Waals surface area contributed by atoms with Crippen molar-refractivity contribution in [1.82, 2.24) is 5.32 Å². The van der Waals surface area contributed by atoms with Crippen LogP contribution >= 0.6 is 23.4 Å². The highest BCUT2D eigenvalue weighted by molar-refractivity contribution is 7.99. The minimum absolute atomic E-state index is 0.110. The molecule has 0 heterocycles. The third-order valence-electron chi connectivity index (χ3n) is 5.51. The predicted octanol–water partition coefficient (Wildman–Crippen LogP) is 6.54. The highest BCUT2D eigenvalue weighted by Crippen LogP contribution is 2.28. The molecule has 0 radical (unpaired) electrons. The molecule has 0 saturated carbocycles. The monoisotopic (exact) mass is 566 g/mol. The zero-order chi connectivity index (χ0) is 27.0. The van der Waals surface area contributed by atoms with Crippen LogP contribution in [0.3, 0.4) is 0 Å². The van der Waals surface area contributed by atoms with Crippen molar-refractivity contribution in [3.63, 3.8) is 0 Å². The smallest absolute Gasteiger partial charge is 0.264 e. The Kier molecular flexibility index (Phi) is 9.33. The third kappa shape index (κ3) is 7.54. The molecule has 0 aromatic heterocycles. The quantitative estimate of drug-likeness (QED) is 0.165. The summed E-state index contributed by atoms with van der Waals surface area (Å²) in [5, 5.41) is 3.49. The van der Waals surface area contributed by atoms with Gasteiger partial charge in [0.1, 0.15) is 18.0 Å². The number of sulfonamides is 1. The molecule has 4 rings (SSSR count). The van der Waals surface area contributed by atoms with Crippen molar-refractivity contribution in [2.75, 3.05) is 23.1 Å². The van der Waals surface area contributed by atoms with Crippen LogP contribution in [-0.4, -0.2) is 33.2 Å². The van der Waals surface area contributed by atoms with E-state index in [-0.39, 0.29) is 11.4 Å². The summed E-state index contributed by atoms with van der Waals surface area (Å²) in [6.07, 6.45) is 0. The van der Waals surface area contributed by atoms with Crippen molar-refractivity contribution >= 4 is 45.0 Å². The largest absolute Gasteiger partial charge is 0.457 e. The fourth-order valence-corrected chi connectivity index (χ4v) is 5.85. The second kappa shape index (κ2) is 12.9. The molecule has 0 aliphatic rings. The molecular weight excluding hydrogens is 540 g/mol. The van der Waals surface area contributed by atoms with Crippen LogP contribution in [-0.2, 0) is 14.8 Å². The summed E-state index contributed by atoms with van der Waals surface area (Å²) in [5.74, 6) is 1.45. The highest BCUT2D eigenvalue weighted by atomic mass is 35.5. The van der Waals surface area contributed by atoms with E-state index in [4.69, 9.17) is 16.3 Å². The molecule has 0 saturated heterocycles. The lowest BCUT2D eigenvalue weighted by atomic mass is 10.2. The lowest BCUT2D eigenvalue weighted by Crippen LogP contribution is -2.41. The van der Waals surface area contributed by atoms with Gasteiger partial charge in [-0.25, -0.2) is 8.42 Å². The van der Waals surface area contributed by atoms with Gasteiger partial charge in [0.15, 0.2) is 0 Å². The molecule has 4 aromatic carbocycles. The molecule has 0 bridgehead atoms. The van der Waals surface area contributed by atoms with Gasteiger partial charge in [0.25, 0.3) is 10.0 Å². The van der Waals surface area contributed by atoms with Crippen molar-refractivity contribution in [2.45, 2.75) is 16.7 Å². The van der Waals surface area contributed by atoms with Gasteiger partial charge < -0.3 is 10.1 Å². The molecular formula is C29H27ClN2O4S2. The van der Waals surface area contributed by atoms with Crippen LogP contribution < -0.4 is 14.4 Å². The number of ether oxygens (including phenoxy) is 1. The molecule has 0 spiro atoms. The van der Waals surface area contributed by atoms with Crippen LogP contribution in [0.5, 0.6) is 11.5 Å². The first-order valence-corrected chi connectivity index (χ1v) is 14.7. The Hall–Kier alpha value is -3.46. The Bertz CT molecular complexity index is 1450. The van der Waals surface area contributed by atoms with Crippen molar-refractivity contribution in [3.05, 3.63) is 114 Å². The van der Waals surface area contributed by atoms with Crippen molar-refractivity contribution < 1.29 is 17.9 Å². The van der Waals surface area contributed by atoms with Crippen LogP contribution in [0.25, 0.3) is 0 Å². The number of nitrogens with zero attached hydrogens (tertiary/aromatic N) is 1.